The molecule has 0 heterocycles. The Morgan fingerprint density at radius 3 is 1.12 bits per heavy atom. The van der Waals surface area contributed by atoms with Crippen molar-refractivity contribution in [2.45, 2.75) is 0 Å². The molecule has 0 saturated carbocycles. The molecule has 4 N–H and O–H groups in total. The van der Waals surface area contributed by atoms with E-state index in [9.17, 15) is 0 Å². The molecule has 0 unspecified atom stereocenters. The third-order valence-electron chi connectivity index (χ3n) is 0. The summed E-state index contributed by atoms with van der Waals surface area (Å²) in [7, 11) is -5.39. The van der Waals surface area contributed by atoms with Crippen LogP contribution in [0.1, 0.15) is 0 Å². The first-order chi connectivity index (χ1) is 2.00. The molecule has 0 amide bonds. The van der Waals surface area contributed by atoms with Gasteiger partial charge in [-0.05, 0) is 0 Å². The van der Waals surface area contributed by atoms with E-state index in [-0.39, 0.29) is 50.3 Å². The molecule has 0 aliphatic rings. The summed E-state index contributed by atoms with van der Waals surface area (Å²) >= 11 is 0. The number of phosphoric acid groups is 1. The molecule has 42 valence electrons. The fourth-order valence-corrected chi connectivity index (χ4v) is 0. The van der Waals surface area contributed by atoms with E-state index in [0.717, 1.165) is 0 Å². The van der Waals surface area contributed by atoms with Gasteiger partial charge in [0.25, 0.3) is 0 Å². The van der Waals surface area contributed by atoms with Crippen molar-refractivity contribution in [3.8, 4) is 0 Å². The van der Waals surface area contributed by atoms with Crippen LogP contribution in [-0.4, -0.2) is 23.1 Å². The molecule has 0 atom stereocenters. The molecule has 0 aromatic carbocycles. The van der Waals surface area contributed by atoms with Crippen molar-refractivity contribution in [3.63, 3.8) is 0 Å². The zero-order valence-electron chi connectivity index (χ0n) is 4.20. The second-order valence-corrected chi connectivity index (χ2v) is 1.34. The minimum Gasteiger partial charge on any atom is -0.822 e. The third-order valence-corrected chi connectivity index (χ3v) is 0. The summed E-state index contributed by atoms with van der Waals surface area (Å²) in [6.07, 6.45) is 0. The minimum absolute atomic E-state index is 0. The van der Waals surface area contributed by atoms with Gasteiger partial charge in [0.2, 0.25) is 0 Å². The first kappa shape index (κ1) is 22.7. The summed E-state index contributed by atoms with van der Waals surface area (Å²) in [5.41, 5.74) is 0. The fraction of sp³-hybridized carbons (Fsp3) is 0. The van der Waals surface area contributed by atoms with Gasteiger partial charge in [0.05, 0.1) is 0 Å². The molecule has 0 radical (unpaired) electrons. The average Bonchev–Trinajstić information content (AvgIpc) is 0.722. The smallest absolute Gasteiger partial charge is 0.822 e. The van der Waals surface area contributed by atoms with E-state index in [1.54, 1.807) is 0 Å². The SMILES string of the molecule is O=P([O-])([O-])[O-].[Mg+2].[NH4+].[W+4]. The molecule has 0 fully saturated rings. The second-order valence-electron chi connectivity index (χ2n) is 0.447. The Hall–Kier alpha value is 1.52. The minimum atomic E-state index is -5.39. The summed E-state index contributed by atoms with van der Waals surface area (Å²) in [4.78, 5) is 25.6. The number of rotatable bonds is 0. The van der Waals surface area contributed by atoms with E-state index in [1.165, 1.54) is 0 Å². The van der Waals surface area contributed by atoms with Gasteiger partial charge in [-0.3, -0.25) is 0 Å². The predicted octanol–water partition coefficient (Wildman–Crippen LogP) is -2.83. The van der Waals surface area contributed by atoms with Crippen LogP contribution in [0, 0.1) is 0 Å². The summed E-state index contributed by atoms with van der Waals surface area (Å²) in [6.45, 7) is 0. The van der Waals surface area contributed by atoms with Gasteiger partial charge in [0.15, 0.2) is 0 Å². The van der Waals surface area contributed by atoms with Gasteiger partial charge in [-0.2, -0.15) is 7.82 Å². The van der Waals surface area contributed by atoms with Gasteiger partial charge < -0.3 is 25.4 Å². The zero-order valence-corrected chi connectivity index (χ0v) is 9.44. The fourth-order valence-electron chi connectivity index (χ4n) is 0. The molecular formula is H4MgNO4PW+4. The third kappa shape index (κ3) is 138. The molecule has 0 spiro atoms. The second kappa shape index (κ2) is 8.52. The van der Waals surface area contributed by atoms with Gasteiger partial charge >= 0.3 is 44.1 Å². The topological polar surface area (TPSA) is 123 Å². The van der Waals surface area contributed by atoms with Crippen molar-refractivity contribution in [3.05, 3.63) is 0 Å². The number of quaternary nitrogens is 1. The normalized spacial score (nSPS) is 7.38. The molecule has 0 aromatic rings. The Balaban J connectivity index is -0.0000000267. The van der Waals surface area contributed by atoms with Gasteiger partial charge in [-0.1, -0.05) is 0 Å². The van der Waals surface area contributed by atoms with Crippen molar-refractivity contribution in [1.29, 1.82) is 0 Å². The van der Waals surface area contributed by atoms with Crippen LogP contribution in [0.2, 0.25) is 0 Å². The Labute approximate surface area is 77.1 Å². The van der Waals surface area contributed by atoms with Crippen LogP contribution in [0.15, 0.2) is 0 Å². The number of hydrogen-bond donors (Lipinski definition) is 1. The van der Waals surface area contributed by atoms with Gasteiger partial charge in [0.1, 0.15) is 0 Å². The molecule has 0 aromatic heterocycles. The van der Waals surface area contributed by atoms with Crippen molar-refractivity contribution in [1.82, 2.24) is 6.15 Å². The van der Waals surface area contributed by atoms with Crippen molar-refractivity contribution >= 4 is 30.9 Å². The molecule has 8 heavy (non-hydrogen) atoms. The largest absolute Gasteiger partial charge is 4.00 e. The predicted molar refractivity (Wildman–Crippen MR) is 19.3 cm³/mol. The Morgan fingerprint density at radius 1 is 1.12 bits per heavy atom. The van der Waals surface area contributed by atoms with E-state index in [1.807, 2.05) is 0 Å². The molecular weight excluding hydrogens is 317 g/mol. The van der Waals surface area contributed by atoms with E-state index in [4.69, 9.17) is 19.2 Å². The average molecular weight is 321 g/mol. The summed E-state index contributed by atoms with van der Waals surface area (Å²) in [6, 6.07) is 0. The monoisotopic (exact) mass is 321 g/mol. The number of hydrogen-bond acceptors (Lipinski definition) is 4. The van der Waals surface area contributed by atoms with Gasteiger partial charge in [-0.15, -0.1) is 0 Å². The van der Waals surface area contributed by atoms with E-state index in [2.05, 4.69) is 0 Å². The molecule has 0 saturated heterocycles. The van der Waals surface area contributed by atoms with Gasteiger partial charge in [0, 0.05) is 0 Å². The van der Waals surface area contributed by atoms with E-state index >= 15 is 0 Å². The maximum absolute atomic E-state index is 8.55. The quantitative estimate of drug-likeness (QED) is 0.381. The standard InChI is InChI=1S/Mg.H3N.H3O4P.W/c;;1-5(2,3)4;/h;1H3;(H3,1,2,3,4);/q+2;;;+4/p-2. The molecule has 8 heteroatoms. The first-order valence-corrected chi connectivity index (χ1v) is 2.19. The summed E-state index contributed by atoms with van der Waals surface area (Å²) < 4.78 is 8.55. The maximum atomic E-state index is 8.55. The van der Waals surface area contributed by atoms with E-state index < -0.39 is 7.82 Å². The van der Waals surface area contributed by atoms with Crippen LogP contribution in [0.25, 0.3) is 0 Å². The van der Waals surface area contributed by atoms with Crippen LogP contribution in [0.5, 0.6) is 0 Å². The zero-order chi connectivity index (χ0) is 4.50. The summed E-state index contributed by atoms with van der Waals surface area (Å²) in [5.74, 6) is 0. The van der Waals surface area contributed by atoms with Crippen LogP contribution in [0.3, 0.4) is 0 Å². The van der Waals surface area contributed by atoms with Crippen LogP contribution in [-0.2, 0) is 25.6 Å². The van der Waals surface area contributed by atoms with Crippen LogP contribution >= 0.6 is 7.82 Å². The van der Waals surface area contributed by atoms with Crippen LogP contribution in [0.4, 0.5) is 0 Å². The van der Waals surface area contributed by atoms with Crippen molar-refractivity contribution in [2.24, 2.45) is 0 Å². The Morgan fingerprint density at radius 2 is 1.12 bits per heavy atom. The Kier molecular flexibility index (Phi) is 24.2. The van der Waals surface area contributed by atoms with Crippen molar-refractivity contribution in [2.75, 3.05) is 0 Å². The van der Waals surface area contributed by atoms with Crippen LogP contribution < -0.4 is 20.8 Å². The Bertz CT molecular complexity index is 62.2. The molecule has 0 aliphatic carbocycles. The van der Waals surface area contributed by atoms with Crippen molar-refractivity contribution < 1.29 is 40.3 Å². The first-order valence-electron chi connectivity index (χ1n) is 0.730. The molecule has 0 rings (SSSR count). The molecule has 0 bridgehead atoms. The van der Waals surface area contributed by atoms with Gasteiger partial charge in [-0.25, -0.2) is 0 Å². The molecule has 5 nitrogen and oxygen atoms in total. The van der Waals surface area contributed by atoms with E-state index in [0.29, 0.717) is 0 Å². The molecule has 0 aliphatic heterocycles. The summed E-state index contributed by atoms with van der Waals surface area (Å²) in [5, 5.41) is 0. The maximum Gasteiger partial charge on any atom is 4.00 e.